The van der Waals surface area contributed by atoms with Crippen molar-refractivity contribution < 1.29 is 34.1 Å². The number of hydrogen-bond donors (Lipinski definition) is 0. The van der Waals surface area contributed by atoms with E-state index in [2.05, 4.69) is 19.9 Å². The zero-order valence-corrected chi connectivity index (χ0v) is 8.50. The van der Waals surface area contributed by atoms with Crippen molar-refractivity contribution in [3.8, 4) is 0 Å². The van der Waals surface area contributed by atoms with Crippen molar-refractivity contribution in [2.75, 3.05) is 0 Å². The minimum Gasteiger partial charge on any atom is -1.00 e. The predicted molar refractivity (Wildman–Crippen MR) is 31.1 cm³/mol. The quantitative estimate of drug-likeness (QED) is 0.394. The molecule has 0 amide bonds. The van der Waals surface area contributed by atoms with Crippen LogP contribution in [-0.2, 0) is 24.7 Å². The molecule has 0 aliphatic heterocycles. The largest absolute Gasteiger partial charge is 1.00 e. The van der Waals surface area contributed by atoms with E-state index in [9.17, 15) is 0 Å². The summed E-state index contributed by atoms with van der Waals surface area (Å²) >= 11 is 1.58. The maximum Gasteiger partial charge on any atom is -1.00 e. The Hall–Kier alpha value is 0.223. The van der Waals surface area contributed by atoms with E-state index in [0.29, 0.717) is 0 Å². The van der Waals surface area contributed by atoms with Gasteiger partial charge in [0.05, 0.1) is 0 Å². The molecule has 0 aromatic rings. The summed E-state index contributed by atoms with van der Waals surface area (Å²) in [4.78, 5) is 0. The van der Waals surface area contributed by atoms with Gasteiger partial charge in [0.1, 0.15) is 0 Å². The minimum atomic E-state index is 0. The van der Waals surface area contributed by atoms with Crippen LogP contribution in [0.3, 0.4) is 0 Å². The van der Waals surface area contributed by atoms with Crippen LogP contribution in [0.15, 0.2) is 20.5 Å². The molecule has 0 N–H and O–H groups in total. The average Bonchev–Trinajstić information content (AvgIpc) is 1.98. The molecule has 0 radical (unpaired) electrons. The first-order chi connectivity index (χ1) is 3.72. The summed E-state index contributed by atoms with van der Waals surface area (Å²) in [6.07, 6.45) is 3.52. The van der Waals surface area contributed by atoms with Crippen molar-refractivity contribution in [3.63, 3.8) is 0 Å². The second kappa shape index (κ2) is 4.95. The van der Waals surface area contributed by atoms with Gasteiger partial charge in [-0.3, -0.25) is 0 Å². The van der Waals surface area contributed by atoms with E-state index in [1.807, 2.05) is 0 Å². The molecule has 55 valence electrons. The number of hydrogen-bond acceptors (Lipinski definition) is 0. The third-order valence-corrected chi connectivity index (χ3v) is 3.08. The summed E-state index contributed by atoms with van der Waals surface area (Å²) in [5.41, 5.74) is 3.01. The van der Waals surface area contributed by atoms with E-state index in [0.717, 1.165) is 0 Å². The molecule has 10 heavy (non-hydrogen) atoms. The SMILES string of the molecule is CC1=CC[C]([Zr+2])=C1C.[F-].[F-]. The summed E-state index contributed by atoms with van der Waals surface area (Å²) in [5, 5.41) is 0. The number of allylic oxidation sites excluding steroid dienone is 4. The molecule has 0 saturated heterocycles. The van der Waals surface area contributed by atoms with Crippen LogP contribution in [0.25, 0.3) is 0 Å². The summed E-state index contributed by atoms with van der Waals surface area (Å²) in [6.45, 7) is 4.40. The third kappa shape index (κ3) is 2.45. The fourth-order valence-corrected chi connectivity index (χ4v) is 1.53. The second-order valence-electron chi connectivity index (χ2n) is 2.19. The molecule has 1 aliphatic carbocycles. The molecule has 0 spiro atoms. The van der Waals surface area contributed by atoms with Crippen molar-refractivity contribution in [3.05, 3.63) is 20.5 Å². The van der Waals surface area contributed by atoms with Gasteiger partial charge < -0.3 is 9.41 Å². The van der Waals surface area contributed by atoms with E-state index in [1.165, 1.54) is 17.6 Å². The van der Waals surface area contributed by atoms with Crippen molar-refractivity contribution >= 4 is 0 Å². The average molecular weight is 222 g/mol. The van der Waals surface area contributed by atoms with Crippen molar-refractivity contribution in [1.82, 2.24) is 0 Å². The molecular formula is C7H9F2Zr. The first-order valence-electron chi connectivity index (χ1n) is 2.80. The molecule has 0 unspecified atom stereocenters. The molecule has 0 aromatic carbocycles. The van der Waals surface area contributed by atoms with E-state index in [1.54, 1.807) is 28.0 Å². The molecule has 0 heterocycles. The Morgan fingerprint density at radius 1 is 1.30 bits per heavy atom. The third-order valence-electron chi connectivity index (χ3n) is 1.66. The van der Waals surface area contributed by atoms with Crippen LogP contribution in [0.5, 0.6) is 0 Å². The molecule has 0 nitrogen and oxygen atoms in total. The minimum absolute atomic E-state index is 0. The van der Waals surface area contributed by atoms with Crippen LogP contribution in [0.1, 0.15) is 20.3 Å². The smallest absolute Gasteiger partial charge is 1.00 e. The van der Waals surface area contributed by atoms with Gasteiger partial charge in [0.15, 0.2) is 0 Å². The topological polar surface area (TPSA) is 0 Å². The maximum atomic E-state index is 2.30. The first-order valence-corrected chi connectivity index (χ1v) is 4.03. The van der Waals surface area contributed by atoms with Gasteiger partial charge in [-0.25, -0.2) is 0 Å². The summed E-state index contributed by atoms with van der Waals surface area (Å²) < 4.78 is 1.62. The summed E-state index contributed by atoms with van der Waals surface area (Å²) in [7, 11) is 0. The molecule has 0 atom stereocenters. The molecule has 3 heteroatoms. The molecule has 1 aliphatic rings. The van der Waals surface area contributed by atoms with Crippen molar-refractivity contribution in [2.24, 2.45) is 0 Å². The Labute approximate surface area is 75.0 Å². The Balaban J connectivity index is 0. The summed E-state index contributed by atoms with van der Waals surface area (Å²) in [5.74, 6) is 0. The van der Waals surface area contributed by atoms with E-state index in [4.69, 9.17) is 0 Å². The van der Waals surface area contributed by atoms with Crippen LogP contribution < -0.4 is 9.41 Å². The van der Waals surface area contributed by atoms with E-state index >= 15 is 0 Å². The van der Waals surface area contributed by atoms with Gasteiger partial charge in [-0.1, -0.05) is 0 Å². The van der Waals surface area contributed by atoms with Crippen molar-refractivity contribution in [1.29, 1.82) is 0 Å². The van der Waals surface area contributed by atoms with Crippen LogP contribution in [-0.4, -0.2) is 0 Å². The molecular weight excluding hydrogens is 213 g/mol. The van der Waals surface area contributed by atoms with Crippen LogP contribution in [0, 0.1) is 0 Å². The second-order valence-corrected chi connectivity index (χ2v) is 3.68. The molecule has 0 bridgehead atoms. The molecule has 0 saturated carbocycles. The molecule has 0 aromatic heterocycles. The monoisotopic (exact) mass is 221 g/mol. The fraction of sp³-hybridized carbons (Fsp3) is 0.429. The Morgan fingerprint density at radius 3 is 1.90 bits per heavy atom. The van der Waals surface area contributed by atoms with Gasteiger partial charge in [0.2, 0.25) is 0 Å². The van der Waals surface area contributed by atoms with Crippen molar-refractivity contribution in [2.45, 2.75) is 20.3 Å². The zero-order valence-electron chi connectivity index (χ0n) is 6.04. The van der Waals surface area contributed by atoms with Gasteiger partial charge in [0.25, 0.3) is 0 Å². The Morgan fingerprint density at radius 2 is 1.80 bits per heavy atom. The Bertz CT molecular complexity index is 165. The normalized spacial score (nSPS) is 15.8. The van der Waals surface area contributed by atoms with Crippen LogP contribution in [0.2, 0.25) is 0 Å². The summed E-state index contributed by atoms with van der Waals surface area (Å²) in [6, 6.07) is 0. The Kier molecular flexibility index (Phi) is 6.37. The maximum absolute atomic E-state index is 2.30. The first kappa shape index (κ1) is 12.9. The van der Waals surface area contributed by atoms with Gasteiger partial charge in [0, 0.05) is 0 Å². The van der Waals surface area contributed by atoms with Gasteiger partial charge in [-0.2, -0.15) is 0 Å². The zero-order chi connectivity index (χ0) is 6.15. The standard InChI is InChI=1S/C7H9.2FH.Zr/c1-6-4-3-5-7(6)2;;;/h4H,3H2,1-2H3;2*1H;/q;;;+2/p-2. The number of rotatable bonds is 0. The number of halogens is 2. The van der Waals surface area contributed by atoms with E-state index < -0.39 is 0 Å². The fourth-order valence-electron chi connectivity index (χ4n) is 0.799. The van der Waals surface area contributed by atoms with Gasteiger partial charge in [-0.15, -0.1) is 0 Å². The van der Waals surface area contributed by atoms with Gasteiger partial charge >= 0.3 is 65.5 Å². The van der Waals surface area contributed by atoms with Crippen LogP contribution >= 0.6 is 0 Å². The van der Waals surface area contributed by atoms with E-state index in [-0.39, 0.29) is 9.41 Å². The predicted octanol–water partition coefficient (Wildman–Crippen LogP) is -3.83. The van der Waals surface area contributed by atoms with Crippen LogP contribution in [0.4, 0.5) is 0 Å². The van der Waals surface area contributed by atoms with Gasteiger partial charge in [-0.05, 0) is 0 Å². The molecule has 0 fully saturated rings. The molecule has 1 rings (SSSR count).